The van der Waals surface area contributed by atoms with Crippen molar-refractivity contribution in [3.8, 4) is 0 Å². The molecule has 0 fully saturated rings. The summed E-state index contributed by atoms with van der Waals surface area (Å²) in [6.07, 6.45) is 7.04. The summed E-state index contributed by atoms with van der Waals surface area (Å²) in [4.78, 5) is 23.4. The Labute approximate surface area is 118 Å². The van der Waals surface area contributed by atoms with E-state index < -0.39 is 0 Å². The van der Waals surface area contributed by atoms with Gasteiger partial charge in [0.05, 0.1) is 5.56 Å². The molecule has 1 aliphatic heterocycles. The molecule has 20 heavy (non-hydrogen) atoms. The number of aromatic nitrogens is 2. The first-order valence-corrected chi connectivity index (χ1v) is 6.51. The number of aryl methyl sites for hydroxylation is 1. The number of aliphatic imine (C=N–C) groups is 3. The van der Waals surface area contributed by atoms with E-state index in [1.807, 2.05) is 24.8 Å². The topological polar surface area (TPSA) is 66.1 Å². The molecule has 0 aromatic carbocycles. The van der Waals surface area contributed by atoms with Gasteiger partial charge in [0.25, 0.3) is 0 Å². The predicted octanol–water partition coefficient (Wildman–Crippen LogP) is 1.83. The highest BCUT2D eigenvalue weighted by atomic mass is 15.3. The molecule has 104 valence electrons. The molecule has 6 heteroatoms. The first-order chi connectivity index (χ1) is 9.71. The number of nitrogens with zero attached hydrogens (tertiary/aromatic N) is 6. The van der Waals surface area contributed by atoms with Gasteiger partial charge in [0.15, 0.2) is 5.84 Å². The van der Waals surface area contributed by atoms with Crippen molar-refractivity contribution in [3.05, 3.63) is 35.6 Å². The molecule has 2 heterocycles. The number of hydrogen-bond acceptors (Lipinski definition) is 4. The summed E-state index contributed by atoms with van der Waals surface area (Å²) in [5, 5.41) is 0. The van der Waals surface area contributed by atoms with Crippen molar-refractivity contribution in [1.29, 1.82) is 0 Å². The first-order valence-electron chi connectivity index (χ1n) is 6.51. The zero-order chi connectivity index (χ0) is 14.5. The van der Waals surface area contributed by atoms with Crippen LogP contribution >= 0.6 is 0 Å². The number of rotatable bonds is 3. The monoisotopic (exact) mass is 270 g/mol. The Balaban J connectivity index is 2.45. The van der Waals surface area contributed by atoms with Gasteiger partial charge < -0.3 is 4.90 Å². The lowest BCUT2D eigenvalue weighted by atomic mass is 10.3. The highest BCUT2D eigenvalue weighted by molar-refractivity contribution is 6.21. The Morgan fingerprint density at radius 1 is 1.30 bits per heavy atom. The summed E-state index contributed by atoms with van der Waals surface area (Å²) >= 11 is 0. The normalized spacial score (nSPS) is 19.4. The van der Waals surface area contributed by atoms with E-state index in [1.165, 1.54) is 6.34 Å². The predicted molar refractivity (Wildman–Crippen MR) is 81.3 cm³/mol. The molecule has 1 aromatic heterocycles. The van der Waals surface area contributed by atoms with Crippen molar-refractivity contribution in [2.45, 2.75) is 20.8 Å². The summed E-state index contributed by atoms with van der Waals surface area (Å²) in [5.74, 6) is 2.37. The molecule has 0 N–H and O–H groups in total. The molecule has 0 saturated heterocycles. The van der Waals surface area contributed by atoms with Crippen LogP contribution in [0.2, 0.25) is 0 Å². The van der Waals surface area contributed by atoms with Crippen LogP contribution in [0.5, 0.6) is 0 Å². The molecule has 0 saturated carbocycles. The summed E-state index contributed by atoms with van der Waals surface area (Å²) in [6.45, 7) is 6.63. The molecule has 0 radical (unpaired) electrons. The van der Waals surface area contributed by atoms with Crippen LogP contribution in [0.15, 0.2) is 39.1 Å². The summed E-state index contributed by atoms with van der Waals surface area (Å²) in [6, 6.07) is 0. The van der Waals surface area contributed by atoms with Gasteiger partial charge in [-0.3, -0.25) is 4.99 Å². The molecular weight excluding hydrogens is 252 g/mol. The summed E-state index contributed by atoms with van der Waals surface area (Å²) in [5.41, 5.74) is 1.72. The quantitative estimate of drug-likeness (QED) is 0.621. The van der Waals surface area contributed by atoms with E-state index in [9.17, 15) is 0 Å². The lowest BCUT2D eigenvalue weighted by molar-refractivity contribution is 0.659. The molecule has 0 bridgehead atoms. The Hall–Kier alpha value is -2.37. The van der Waals surface area contributed by atoms with Crippen LogP contribution < -0.4 is 0 Å². The molecule has 0 amide bonds. The molecular formula is C14H18N6. The Bertz CT molecular complexity index is 595. The van der Waals surface area contributed by atoms with Gasteiger partial charge in [0, 0.05) is 26.0 Å². The van der Waals surface area contributed by atoms with Gasteiger partial charge in [-0.2, -0.15) is 0 Å². The molecule has 0 aliphatic carbocycles. The van der Waals surface area contributed by atoms with E-state index >= 15 is 0 Å². The molecule has 1 aliphatic rings. The van der Waals surface area contributed by atoms with Gasteiger partial charge in [0.1, 0.15) is 23.7 Å². The zero-order valence-electron chi connectivity index (χ0n) is 12.2. The lowest BCUT2D eigenvalue weighted by Crippen LogP contribution is -2.33. The van der Waals surface area contributed by atoms with Crippen LogP contribution in [0.4, 0.5) is 0 Å². The minimum absolute atomic E-state index is 0.744. The van der Waals surface area contributed by atoms with Gasteiger partial charge in [-0.05, 0) is 20.8 Å². The molecule has 0 spiro atoms. The van der Waals surface area contributed by atoms with Crippen LogP contribution in [0.1, 0.15) is 25.2 Å². The maximum atomic E-state index is 4.62. The lowest BCUT2D eigenvalue weighted by Gasteiger charge is -2.18. The fraction of sp³-hybridized carbons (Fsp3) is 0.357. The van der Waals surface area contributed by atoms with Crippen LogP contribution in [-0.4, -0.2) is 46.5 Å². The van der Waals surface area contributed by atoms with Crippen LogP contribution in [0, 0.1) is 6.92 Å². The van der Waals surface area contributed by atoms with E-state index in [2.05, 4.69) is 31.9 Å². The van der Waals surface area contributed by atoms with E-state index in [0.717, 1.165) is 35.3 Å². The van der Waals surface area contributed by atoms with Crippen molar-refractivity contribution < 1.29 is 0 Å². The third kappa shape index (κ3) is 2.64. The van der Waals surface area contributed by atoms with Crippen molar-refractivity contribution >= 4 is 18.0 Å². The first kappa shape index (κ1) is 14.0. The van der Waals surface area contributed by atoms with Gasteiger partial charge in [-0.15, -0.1) is 0 Å². The molecule has 1 aromatic rings. The standard InChI is InChI=1S/C14H18N6/c1-5-12-14(18-9-15-4)20(6-2)13(19-12)11-7-16-10(3)17-8-11/h5,7-9H,6H2,1-4H3/b12-5-,15-9?,18-14?. The minimum atomic E-state index is 0.744. The Morgan fingerprint density at radius 2 is 2.00 bits per heavy atom. The van der Waals surface area contributed by atoms with E-state index in [4.69, 9.17) is 0 Å². The third-order valence-corrected chi connectivity index (χ3v) is 2.89. The highest BCUT2D eigenvalue weighted by Crippen LogP contribution is 2.20. The summed E-state index contributed by atoms with van der Waals surface area (Å²) < 4.78 is 0. The second-order valence-electron chi connectivity index (χ2n) is 4.20. The largest absolute Gasteiger partial charge is 0.309 e. The maximum absolute atomic E-state index is 4.62. The van der Waals surface area contributed by atoms with Crippen molar-refractivity contribution in [2.75, 3.05) is 13.6 Å². The molecule has 0 atom stereocenters. The summed E-state index contributed by atoms with van der Waals surface area (Å²) in [7, 11) is 1.69. The SMILES string of the molecule is C/C=C1\N=C(c2cnc(C)nc2)N(CC)C1=NC=NC. The van der Waals surface area contributed by atoms with Crippen molar-refractivity contribution in [2.24, 2.45) is 15.0 Å². The second-order valence-corrected chi connectivity index (χ2v) is 4.20. The average molecular weight is 270 g/mol. The minimum Gasteiger partial charge on any atom is -0.309 e. The number of amidine groups is 2. The Morgan fingerprint density at radius 3 is 2.55 bits per heavy atom. The highest BCUT2D eigenvalue weighted by Gasteiger charge is 2.27. The smallest absolute Gasteiger partial charge is 0.161 e. The van der Waals surface area contributed by atoms with E-state index in [1.54, 1.807) is 19.4 Å². The fourth-order valence-electron chi connectivity index (χ4n) is 1.93. The maximum Gasteiger partial charge on any atom is 0.161 e. The number of likely N-dealkylation sites (N-methyl/N-ethyl adjacent to an activating group) is 1. The molecule has 6 nitrogen and oxygen atoms in total. The average Bonchev–Trinajstić information content (AvgIpc) is 2.83. The molecule has 2 rings (SSSR count). The number of allylic oxidation sites excluding steroid dienone is 1. The second kappa shape index (κ2) is 6.18. The van der Waals surface area contributed by atoms with Crippen LogP contribution in [0.3, 0.4) is 0 Å². The number of hydrogen-bond donors (Lipinski definition) is 0. The Kier molecular flexibility index (Phi) is 4.34. The van der Waals surface area contributed by atoms with Gasteiger partial charge in [0.2, 0.25) is 0 Å². The van der Waals surface area contributed by atoms with Gasteiger partial charge in [-0.25, -0.2) is 20.0 Å². The zero-order valence-corrected chi connectivity index (χ0v) is 12.2. The van der Waals surface area contributed by atoms with Gasteiger partial charge in [-0.1, -0.05) is 6.08 Å². The fourth-order valence-corrected chi connectivity index (χ4v) is 1.93. The molecule has 0 unspecified atom stereocenters. The van der Waals surface area contributed by atoms with Gasteiger partial charge >= 0.3 is 0 Å². The van der Waals surface area contributed by atoms with Crippen molar-refractivity contribution in [3.63, 3.8) is 0 Å². The van der Waals surface area contributed by atoms with E-state index in [-0.39, 0.29) is 0 Å². The van der Waals surface area contributed by atoms with E-state index in [0.29, 0.717) is 0 Å². The third-order valence-electron chi connectivity index (χ3n) is 2.89. The van der Waals surface area contributed by atoms with Crippen LogP contribution in [-0.2, 0) is 0 Å². The van der Waals surface area contributed by atoms with Crippen LogP contribution in [0.25, 0.3) is 0 Å². The van der Waals surface area contributed by atoms with Crippen molar-refractivity contribution in [1.82, 2.24) is 14.9 Å².